The van der Waals surface area contributed by atoms with Gasteiger partial charge >= 0.3 is 0 Å². The first-order valence-electron chi connectivity index (χ1n) is 9.74. The number of hydrogen-bond acceptors (Lipinski definition) is 4. The molecule has 4 heteroatoms. The van der Waals surface area contributed by atoms with Crippen molar-refractivity contribution in [2.24, 2.45) is 0 Å². The highest BCUT2D eigenvalue weighted by atomic mass is 16.3. The van der Waals surface area contributed by atoms with E-state index < -0.39 is 0 Å². The second-order valence-corrected chi connectivity index (χ2v) is 8.00. The molecule has 2 aliphatic heterocycles. The number of hydrogen-bond donors (Lipinski definition) is 0. The molecule has 0 saturated carbocycles. The highest BCUT2D eigenvalue weighted by Gasteiger charge is 2.27. The molecule has 136 valence electrons. The van der Waals surface area contributed by atoms with Crippen molar-refractivity contribution in [1.29, 1.82) is 0 Å². The van der Waals surface area contributed by atoms with Crippen molar-refractivity contribution in [2.45, 2.75) is 39.3 Å². The fraction of sp³-hybridized carbons (Fsp3) is 0.619. The lowest BCUT2D eigenvalue weighted by Crippen LogP contribution is -2.52. The number of nitrogens with zero attached hydrogens (tertiary/aromatic N) is 3. The standard InChI is InChI=1S/C21H31N3O/c1-16-4-5-20-19(14-16)17(2)21(25-20)15-23-10-12-24(13-11-23)18-6-8-22(3)9-7-18/h4-5,14,18H,6-13,15H2,1-3H3. The van der Waals surface area contributed by atoms with Crippen LogP contribution in [-0.2, 0) is 6.54 Å². The summed E-state index contributed by atoms with van der Waals surface area (Å²) in [5.74, 6) is 1.15. The van der Waals surface area contributed by atoms with Crippen LogP contribution in [0.5, 0.6) is 0 Å². The van der Waals surface area contributed by atoms with Gasteiger partial charge in [0.05, 0.1) is 6.54 Å². The molecule has 0 bridgehead atoms. The SMILES string of the molecule is Cc1ccc2oc(CN3CCN(C4CCN(C)CC4)CC3)c(C)c2c1. The Labute approximate surface area is 151 Å². The van der Waals surface area contributed by atoms with Crippen LogP contribution in [0.3, 0.4) is 0 Å². The van der Waals surface area contributed by atoms with Gasteiger partial charge in [-0.1, -0.05) is 11.6 Å². The summed E-state index contributed by atoms with van der Waals surface area (Å²) in [5.41, 5.74) is 3.65. The van der Waals surface area contributed by atoms with Crippen LogP contribution in [0.15, 0.2) is 22.6 Å². The molecule has 2 fully saturated rings. The lowest BCUT2D eigenvalue weighted by molar-refractivity contribution is 0.0594. The van der Waals surface area contributed by atoms with Gasteiger partial charge in [0.1, 0.15) is 11.3 Å². The lowest BCUT2D eigenvalue weighted by atomic mass is 10.0. The van der Waals surface area contributed by atoms with Gasteiger partial charge in [-0.3, -0.25) is 9.80 Å². The molecule has 2 aliphatic rings. The molecule has 2 saturated heterocycles. The Bertz CT molecular complexity index is 722. The summed E-state index contributed by atoms with van der Waals surface area (Å²) < 4.78 is 6.15. The molecule has 25 heavy (non-hydrogen) atoms. The number of piperazine rings is 1. The molecule has 0 radical (unpaired) electrons. The van der Waals surface area contributed by atoms with Gasteiger partial charge in [0.25, 0.3) is 0 Å². The largest absolute Gasteiger partial charge is 0.459 e. The highest BCUT2D eigenvalue weighted by molar-refractivity contribution is 5.82. The molecule has 1 aromatic heterocycles. The molecular weight excluding hydrogens is 310 g/mol. The van der Waals surface area contributed by atoms with Gasteiger partial charge < -0.3 is 9.32 Å². The third-order valence-corrected chi connectivity index (χ3v) is 6.17. The molecule has 1 aromatic carbocycles. The summed E-state index contributed by atoms with van der Waals surface area (Å²) in [6.07, 6.45) is 2.66. The van der Waals surface area contributed by atoms with Crippen LogP contribution >= 0.6 is 0 Å². The normalized spacial score (nSPS) is 22.0. The fourth-order valence-corrected chi connectivity index (χ4v) is 4.39. The summed E-state index contributed by atoms with van der Waals surface area (Å²) in [4.78, 5) is 7.74. The summed E-state index contributed by atoms with van der Waals surface area (Å²) in [6, 6.07) is 7.29. The van der Waals surface area contributed by atoms with Crippen LogP contribution in [0.25, 0.3) is 11.0 Å². The Balaban J connectivity index is 1.36. The number of rotatable bonds is 3. The van der Waals surface area contributed by atoms with Gasteiger partial charge in [0.2, 0.25) is 0 Å². The zero-order valence-corrected chi connectivity index (χ0v) is 15.9. The Kier molecular flexibility index (Phi) is 4.85. The Hall–Kier alpha value is -1.36. The molecule has 2 aromatic rings. The third-order valence-electron chi connectivity index (χ3n) is 6.17. The predicted molar refractivity (Wildman–Crippen MR) is 103 cm³/mol. The molecule has 4 rings (SSSR count). The van der Waals surface area contributed by atoms with Gasteiger partial charge in [-0.25, -0.2) is 0 Å². The molecule has 4 nitrogen and oxygen atoms in total. The van der Waals surface area contributed by atoms with Gasteiger partial charge in [-0.2, -0.15) is 0 Å². The van der Waals surface area contributed by atoms with Crippen molar-refractivity contribution in [3.63, 3.8) is 0 Å². The van der Waals surface area contributed by atoms with E-state index in [4.69, 9.17) is 4.42 Å². The number of likely N-dealkylation sites (tertiary alicyclic amines) is 1. The zero-order valence-electron chi connectivity index (χ0n) is 15.9. The maximum atomic E-state index is 6.15. The fourth-order valence-electron chi connectivity index (χ4n) is 4.39. The molecule has 0 unspecified atom stereocenters. The smallest absolute Gasteiger partial charge is 0.134 e. The van der Waals surface area contributed by atoms with Gasteiger partial charge in [0, 0.05) is 37.6 Å². The number of furan rings is 1. The molecular formula is C21H31N3O. The van der Waals surface area contributed by atoms with Crippen LogP contribution in [0.2, 0.25) is 0 Å². The van der Waals surface area contributed by atoms with Crippen molar-refractivity contribution in [1.82, 2.24) is 14.7 Å². The van der Waals surface area contributed by atoms with Crippen LogP contribution in [0, 0.1) is 13.8 Å². The Morgan fingerprint density at radius 2 is 1.72 bits per heavy atom. The van der Waals surface area contributed by atoms with Crippen LogP contribution in [0.4, 0.5) is 0 Å². The molecule has 0 amide bonds. The summed E-state index contributed by atoms with van der Waals surface area (Å²) in [5, 5.41) is 1.28. The molecule has 0 atom stereocenters. The minimum absolute atomic E-state index is 0.800. The van der Waals surface area contributed by atoms with E-state index >= 15 is 0 Å². The van der Waals surface area contributed by atoms with Crippen LogP contribution < -0.4 is 0 Å². The van der Waals surface area contributed by atoms with E-state index in [0.29, 0.717) is 0 Å². The minimum Gasteiger partial charge on any atom is -0.459 e. The zero-order chi connectivity index (χ0) is 17.4. The first kappa shape index (κ1) is 17.1. The summed E-state index contributed by atoms with van der Waals surface area (Å²) >= 11 is 0. The van der Waals surface area contributed by atoms with Crippen LogP contribution in [0.1, 0.15) is 29.7 Å². The highest BCUT2D eigenvalue weighted by Crippen LogP contribution is 2.27. The molecule has 3 heterocycles. The molecule has 0 N–H and O–H groups in total. The number of benzene rings is 1. The van der Waals surface area contributed by atoms with Crippen molar-refractivity contribution in [2.75, 3.05) is 46.3 Å². The second kappa shape index (κ2) is 7.10. The van der Waals surface area contributed by atoms with Gasteiger partial charge in [0.15, 0.2) is 0 Å². The predicted octanol–water partition coefficient (Wildman–Crippen LogP) is 3.26. The van der Waals surface area contributed by atoms with Gasteiger partial charge in [-0.05, 0) is 64.5 Å². The first-order valence-corrected chi connectivity index (χ1v) is 9.74. The van der Waals surface area contributed by atoms with E-state index in [1.165, 1.54) is 55.5 Å². The third kappa shape index (κ3) is 3.62. The van der Waals surface area contributed by atoms with Crippen molar-refractivity contribution in [3.8, 4) is 0 Å². The number of aryl methyl sites for hydroxylation is 2. The van der Waals surface area contributed by atoms with Crippen molar-refractivity contribution in [3.05, 3.63) is 35.1 Å². The average molecular weight is 341 g/mol. The van der Waals surface area contributed by atoms with E-state index in [0.717, 1.165) is 37.0 Å². The Morgan fingerprint density at radius 1 is 1.00 bits per heavy atom. The minimum atomic E-state index is 0.800. The molecule has 0 aliphatic carbocycles. The van der Waals surface area contributed by atoms with Gasteiger partial charge in [-0.15, -0.1) is 0 Å². The average Bonchev–Trinajstić information content (AvgIpc) is 2.92. The number of piperidine rings is 1. The summed E-state index contributed by atoms with van der Waals surface area (Å²) in [6.45, 7) is 12.5. The Morgan fingerprint density at radius 3 is 2.44 bits per heavy atom. The van der Waals surface area contributed by atoms with Crippen LogP contribution in [-0.4, -0.2) is 67.1 Å². The summed E-state index contributed by atoms with van der Waals surface area (Å²) in [7, 11) is 2.24. The number of fused-ring (bicyclic) bond motifs is 1. The van der Waals surface area contributed by atoms with E-state index in [9.17, 15) is 0 Å². The maximum Gasteiger partial charge on any atom is 0.134 e. The molecule has 0 spiro atoms. The monoisotopic (exact) mass is 341 g/mol. The lowest BCUT2D eigenvalue weighted by Gasteiger charge is -2.42. The van der Waals surface area contributed by atoms with E-state index in [1.807, 2.05) is 0 Å². The second-order valence-electron chi connectivity index (χ2n) is 8.00. The van der Waals surface area contributed by atoms with E-state index in [-0.39, 0.29) is 0 Å². The van der Waals surface area contributed by atoms with Crippen molar-refractivity contribution < 1.29 is 4.42 Å². The maximum absolute atomic E-state index is 6.15. The van der Waals surface area contributed by atoms with E-state index in [2.05, 4.69) is 53.8 Å². The van der Waals surface area contributed by atoms with E-state index in [1.54, 1.807) is 0 Å². The van der Waals surface area contributed by atoms with Crippen molar-refractivity contribution >= 4 is 11.0 Å². The first-order chi connectivity index (χ1) is 12.1. The quantitative estimate of drug-likeness (QED) is 0.855. The topological polar surface area (TPSA) is 22.9 Å².